The van der Waals surface area contributed by atoms with Crippen LogP contribution in [-0.2, 0) is 0 Å². The predicted octanol–water partition coefficient (Wildman–Crippen LogP) is 4.91. The molecule has 0 aromatic heterocycles. The van der Waals surface area contributed by atoms with Crippen LogP contribution < -0.4 is 14.8 Å². The van der Waals surface area contributed by atoms with E-state index in [-0.39, 0.29) is 12.0 Å². The van der Waals surface area contributed by atoms with E-state index in [1.54, 1.807) is 24.3 Å². The van der Waals surface area contributed by atoms with Crippen molar-refractivity contribution in [3.63, 3.8) is 0 Å². The van der Waals surface area contributed by atoms with Crippen molar-refractivity contribution in [2.24, 2.45) is 0 Å². The monoisotopic (exact) mass is 327 g/mol. The Hall–Kier alpha value is -2.49. The van der Waals surface area contributed by atoms with Gasteiger partial charge in [-0.15, -0.1) is 0 Å². The highest BCUT2D eigenvalue weighted by atomic mass is 16.5. The van der Waals surface area contributed by atoms with Gasteiger partial charge in [0, 0.05) is 5.56 Å². The van der Waals surface area contributed by atoms with Gasteiger partial charge in [0.1, 0.15) is 11.5 Å². The van der Waals surface area contributed by atoms with E-state index < -0.39 is 0 Å². The molecule has 4 heteroatoms. The fourth-order valence-corrected chi connectivity index (χ4v) is 2.17. The van der Waals surface area contributed by atoms with Crippen molar-refractivity contribution in [1.82, 2.24) is 0 Å². The summed E-state index contributed by atoms with van der Waals surface area (Å²) in [6.45, 7) is 6.69. The van der Waals surface area contributed by atoms with Gasteiger partial charge in [-0.2, -0.15) is 0 Å². The number of amides is 1. The Balaban J connectivity index is 2.04. The lowest BCUT2D eigenvalue weighted by Gasteiger charge is -2.13. The minimum absolute atomic E-state index is 0.108. The van der Waals surface area contributed by atoms with Crippen molar-refractivity contribution in [3.05, 3.63) is 54.1 Å². The van der Waals surface area contributed by atoms with Crippen LogP contribution in [0.25, 0.3) is 0 Å². The minimum atomic E-state index is -0.169. The maximum absolute atomic E-state index is 12.4. The molecular weight excluding hydrogens is 302 g/mol. The van der Waals surface area contributed by atoms with Crippen LogP contribution in [-0.4, -0.2) is 18.6 Å². The molecule has 1 N–H and O–H groups in total. The van der Waals surface area contributed by atoms with Crippen LogP contribution in [0.1, 0.15) is 44.0 Å². The molecule has 0 atom stereocenters. The largest absolute Gasteiger partial charge is 0.491 e. The van der Waals surface area contributed by atoms with Gasteiger partial charge >= 0.3 is 0 Å². The Labute approximate surface area is 143 Å². The van der Waals surface area contributed by atoms with Gasteiger partial charge in [-0.3, -0.25) is 4.79 Å². The summed E-state index contributed by atoms with van der Waals surface area (Å²) in [5, 5.41) is 2.91. The fourth-order valence-electron chi connectivity index (χ4n) is 2.17. The number of unbranched alkanes of at least 4 members (excludes halogenated alkanes) is 1. The Bertz CT molecular complexity index is 650. The standard InChI is InChI=1S/C20H25NO3/c1-4-5-14-23-19-9-7-6-8-18(19)21-20(22)16-10-12-17(13-11-16)24-15(2)3/h6-13,15H,4-5,14H2,1-3H3,(H,21,22). The van der Waals surface area contributed by atoms with Crippen LogP contribution in [0.15, 0.2) is 48.5 Å². The molecule has 0 fully saturated rings. The zero-order valence-electron chi connectivity index (χ0n) is 14.5. The van der Waals surface area contributed by atoms with Crippen LogP contribution in [0.2, 0.25) is 0 Å². The Morgan fingerprint density at radius 2 is 1.79 bits per heavy atom. The summed E-state index contributed by atoms with van der Waals surface area (Å²) in [6, 6.07) is 14.6. The first-order valence-electron chi connectivity index (χ1n) is 8.40. The first-order chi connectivity index (χ1) is 11.6. The molecule has 24 heavy (non-hydrogen) atoms. The number of benzene rings is 2. The number of carbonyl (C=O) groups excluding carboxylic acids is 1. The smallest absolute Gasteiger partial charge is 0.255 e. The summed E-state index contributed by atoms with van der Waals surface area (Å²) in [7, 11) is 0. The van der Waals surface area contributed by atoms with Crippen LogP contribution >= 0.6 is 0 Å². The van der Waals surface area contributed by atoms with Gasteiger partial charge in [0.2, 0.25) is 0 Å². The average Bonchev–Trinajstić information content (AvgIpc) is 2.56. The molecule has 0 saturated carbocycles. The number of carbonyl (C=O) groups is 1. The van der Waals surface area contributed by atoms with Crippen LogP contribution in [0.4, 0.5) is 5.69 Å². The first kappa shape index (κ1) is 17.9. The number of hydrogen-bond donors (Lipinski definition) is 1. The van der Waals surface area contributed by atoms with Crippen molar-refractivity contribution >= 4 is 11.6 Å². The molecule has 0 heterocycles. The highest BCUT2D eigenvalue weighted by molar-refractivity contribution is 6.05. The lowest BCUT2D eigenvalue weighted by Crippen LogP contribution is -2.13. The van der Waals surface area contributed by atoms with Crippen molar-refractivity contribution in [1.29, 1.82) is 0 Å². The van der Waals surface area contributed by atoms with Crippen molar-refractivity contribution in [2.45, 2.75) is 39.7 Å². The van der Waals surface area contributed by atoms with Gasteiger partial charge < -0.3 is 14.8 Å². The van der Waals surface area contributed by atoms with E-state index in [9.17, 15) is 4.79 Å². The lowest BCUT2D eigenvalue weighted by atomic mass is 10.2. The Kier molecular flexibility index (Phi) is 6.67. The molecular formula is C20H25NO3. The second-order valence-corrected chi connectivity index (χ2v) is 5.84. The van der Waals surface area contributed by atoms with E-state index in [1.807, 2.05) is 38.1 Å². The summed E-state index contributed by atoms with van der Waals surface area (Å²) in [4.78, 5) is 12.4. The number of nitrogens with one attached hydrogen (secondary N) is 1. The molecule has 4 nitrogen and oxygen atoms in total. The second kappa shape index (κ2) is 8.96. The van der Waals surface area contributed by atoms with Gasteiger partial charge in [0.25, 0.3) is 5.91 Å². The molecule has 0 aliphatic heterocycles. The topological polar surface area (TPSA) is 47.6 Å². The Morgan fingerprint density at radius 3 is 2.46 bits per heavy atom. The average molecular weight is 327 g/mol. The van der Waals surface area contributed by atoms with Crippen LogP contribution in [0.3, 0.4) is 0 Å². The number of ether oxygens (including phenoxy) is 2. The molecule has 2 aromatic rings. The number of anilines is 1. The third-order valence-corrected chi connectivity index (χ3v) is 3.38. The molecule has 2 rings (SSSR count). The second-order valence-electron chi connectivity index (χ2n) is 5.84. The molecule has 128 valence electrons. The van der Waals surface area contributed by atoms with Gasteiger partial charge in [0.05, 0.1) is 18.4 Å². The highest BCUT2D eigenvalue weighted by Gasteiger charge is 2.10. The van der Waals surface area contributed by atoms with Crippen molar-refractivity contribution in [3.8, 4) is 11.5 Å². The Morgan fingerprint density at radius 1 is 1.08 bits per heavy atom. The maximum atomic E-state index is 12.4. The molecule has 2 aromatic carbocycles. The molecule has 0 bridgehead atoms. The van der Waals surface area contributed by atoms with Crippen LogP contribution in [0, 0.1) is 0 Å². The quantitative estimate of drug-likeness (QED) is 0.701. The summed E-state index contributed by atoms with van der Waals surface area (Å²) in [6.07, 6.45) is 2.16. The number of rotatable bonds is 8. The molecule has 0 radical (unpaired) electrons. The van der Waals surface area contributed by atoms with Crippen molar-refractivity contribution in [2.75, 3.05) is 11.9 Å². The molecule has 0 unspecified atom stereocenters. The van der Waals surface area contributed by atoms with Gasteiger partial charge in [-0.05, 0) is 56.7 Å². The summed E-state index contributed by atoms with van der Waals surface area (Å²) in [5.41, 5.74) is 1.26. The normalized spacial score (nSPS) is 10.5. The molecule has 0 saturated heterocycles. The maximum Gasteiger partial charge on any atom is 0.255 e. The minimum Gasteiger partial charge on any atom is -0.491 e. The highest BCUT2D eigenvalue weighted by Crippen LogP contribution is 2.25. The third-order valence-electron chi connectivity index (χ3n) is 3.38. The molecule has 0 aliphatic rings. The van der Waals surface area contributed by atoms with Gasteiger partial charge in [0.15, 0.2) is 0 Å². The number of para-hydroxylation sites is 2. The third kappa shape index (κ3) is 5.30. The zero-order valence-corrected chi connectivity index (χ0v) is 14.5. The van der Waals surface area contributed by atoms with E-state index >= 15 is 0 Å². The lowest BCUT2D eigenvalue weighted by molar-refractivity contribution is 0.102. The SMILES string of the molecule is CCCCOc1ccccc1NC(=O)c1ccc(OC(C)C)cc1. The molecule has 0 aliphatic carbocycles. The molecule has 1 amide bonds. The fraction of sp³-hybridized carbons (Fsp3) is 0.350. The molecule has 0 spiro atoms. The summed E-state index contributed by atoms with van der Waals surface area (Å²) < 4.78 is 11.3. The van der Waals surface area contributed by atoms with E-state index in [0.717, 1.165) is 18.6 Å². The number of hydrogen-bond acceptors (Lipinski definition) is 3. The zero-order chi connectivity index (χ0) is 17.4. The van der Waals surface area contributed by atoms with E-state index in [1.165, 1.54) is 0 Å². The van der Waals surface area contributed by atoms with Gasteiger partial charge in [-0.25, -0.2) is 0 Å². The summed E-state index contributed by atoms with van der Waals surface area (Å²) in [5.74, 6) is 1.28. The first-order valence-corrected chi connectivity index (χ1v) is 8.40. The van der Waals surface area contributed by atoms with Crippen LogP contribution in [0.5, 0.6) is 11.5 Å². The van der Waals surface area contributed by atoms with Gasteiger partial charge in [-0.1, -0.05) is 25.5 Å². The van der Waals surface area contributed by atoms with Crippen molar-refractivity contribution < 1.29 is 14.3 Å². The predicted molar refractivity (Wildman–Crippen MR) is 97.0 cm³/mol. The van der Waals surface area contributed by atoms with E-state index in [0.29, 0.717) is 23.6 Å². The summed E-state index contributed by atoms with van der Waals surface area (Å²) >= 11 is 0. The van der Waals surface area contributed by atoms with E-state index in [4.69, 9.17) is 9.47 Å². The van der Waals surface area contributed by atoms with E-state index in [2.05, 4.69) is 12.2 Å².